The molecule has 3 aromatic carbocycles. The number of hydrogen-bond acceptors (Lipinski definition) is 5. The van der Waals surface area contributed by atoms with E-state index >= 15 is 0 Å². The second-order valence-electron chi connectivity index (χ2n) is 6.15. The third-order valence-corrected chi connectivity index (χ3v) is 4.90. The highest BCUT2D eigenvalue weighted by molar-refractivity contribution is 9.10. The van der Waals surface area contributed by atoms with E-state index in [9.17, 15) is 9.59 Å². The van der Waals surface area contributed by atoms with E-state index in [0.717, 1.165) is 10.0 Å². The van der Waals surface area contributed by atoms with Crippen molar-refractivity contribution in [2.45, 2.75) is 6.92 Å². The summed E-state index contributed by atoms with van der Waals surface area (Å²) in [6.07, 6.45) is 0. The van der Waals surface area contributed by atoms with Crippen molar-refractivity contribution in [3.8, 4) is 11.5 Å². The van der Waals surface area contributed by atoms with Crippen LogP contribution in [0.4, 0.5) is 0 Å². The van der Waals surface area contributed by atoms with Gasteiger partial charge in [0, 0.05) is 4.47 Å². The van der Waals surface area contributed by atoms with Crippen LogP contribution in [0.15, 0.2) is 77.3 Å². The highest BCUT2D eigenvalue weighted by Gasteiger charge is 2.17. The minimum absolute atomic E-state index is 0.0704. The highest BCUT2D eigenvalue weighted by atomic mass is 79.9. The number of benzene rings is 3. The van der Waals surface area contributed by atoms with Crippen molar-refractivity contribution in [1.82, 2.24) is 0 Å². The normalized spacial score (nSPS) is 10.3. The molecule has 0 atom stereocenters. The number of carbonyl (C=O) groups excluding carboxylic acids is 2. The Morgan fingerprint density at radius 3 is 2.34 bits per heavy atom. The van der Waals surface area contributed by atoms with Gasteiger partial charge in [-0.1, -0.05) is 52.3 Å². The molecule has 0 aliphatic carbocycles. The van der Waals surface area contributed by atoms with Gasteiger partial charge in [-0.2, -0.15) is 0 Å². The Morgan fingerprint density at radius 1 is 0.862 bits per heavy atom. The number of rotatable bonds is 7. The van der Waals surface area contributed by atoms with Crippen LogP contribution in [-0.4, -0.2) is 25.2 Å². The van der Waals surface area contributed by atoms with E-state index < -0.39 is 11.9 Å². The molecule has 0 spiro atoms. The first-order valence-electron chi connectivity index (χ1n) is 8.97. The Hall–Kier alpha value is -3.12. The number of ether oxygens (including phenoxy) is 3. The largest absolute Gasteiger partial charge is 0.490 e. The van der Waals surface area contributed by atoms with Gasteiger partial charge in [0.2, 0.25) is 0 Å². The summed E-state index contributed by atoms with van der Waals surface area (Å²) in [5.74, 6) is -0.307. The van der Waals surface area contributed by atoms with Crippen LogP contribution in [0.5, 0.6) is 11.5 Å². The smallest absolute Gasteiger partial charge is 0.343 e. The summed E-state index contributed by atoms with van der Waals surface area (Å²) in [6, 6.07) is 20.9. The second-order valence-corrected chi connectivity index (χ2v) is 7.00. The minimum Gasteiger partial charge on any atom is -0.490 e. The van der Waals surface area contributed by atoms with Crippen molar-refractivity contribution in [3.05, 3.63) is 94.0 Å². The maximum absolute atomic E-state index is 12.5. The Labute approximate surface area is 177 Å². The molecular formula is C23H19BrO5. The van der Waals surface area contributed by atoms with Crippen molar-refractivity contribution < 1.29 is 23.8 Å². The van der Waals surface area contributed by atoms with E-state index in [1.165, 1.54) is 0 Å². The topological polar surface area (TPSA) is 61.8 Å². The van der Waals surface area contributed by atoms with Crippen molar-refractivity contribution in [2.75, 3.05) is 13.2 Å². The molecular weight excluding hydrogens is 436 g/mol. The molecule has 0 bridgehead atoms. The summed E-state index contributed by atoms with van der Waals surface area (Å²) < 4.78 is 17.0. The van der Waals surface area contributed by atoms with Crippen molar-refractivity contribution in [1.29, 1.82) is 0 Å². The van der Waals surface area contributed by atoms with Crippen LogP contribution < -0.4 is 9.47 Å². The zero-order valence-electron chi connectivity index (χ0n) is 15.8. The lowest BCUT2D eigenvalue weighted by Crippen LogP contribution is -2.15. The maximum Gasteiger partial charge on any atom is 0.343 e. The molecule has 0 saturated heterocycles. The Kier molecular flexibility index (Phi) is 7.03. The summed E-state index contributed by atoms with van der Waals surface area (Å²) >= 11 is 3.40. The molecule has 0 fully saturated rings. The number of hydrogen-bond donors (Lipinski definition) is 0. The molecule has 3 rings (SSSR count). The van der Waals surface area contributed by atoms with Gasteiger partial charge >= 0.3 is 11.9 Å². The maximum atomic E-state index is 12.5. The van der Waals surface area contributed by atoms with Gasteiger partial charge < -0.3 is 14.2 Å². The molecule has 29 heavy (non-hydrogen) atoms. The number of esters is 2. The van der Waals surface area contributed by atoms with Gasteiger partial charge in [0.15, 0.2) is 0 Å². The van der Waals surface area contributed by atoms with Crippen LogP contribution >= 0.6 is 15.9 Å². The van der Waals surface area contributed by atoms with Gasteiger partial charge in [0.05, 0.1) is 5.56 Å². The standard InChI is InChI=1S/C23H19BrO5/c1-16-11-12-17(15-20(16)24)22(25)29-21-10-6-5-9-19(21)23(26)28-14-13-27-18-7-3-2-4-8-18/h2-12,15H,13-14H2,1H3. The van der Waals surface area contributed by atoms with E-state index in [0.29, 0.717) is 11.3 Å². The number of carbonyl (C=O) groups is 2. The number of aryl methyl sites for hydroxylation is 1. The Bertz CT molecular complexity index is 1000. The molecule has 6 heteroatoms. The summed E-state index contributed by atoms with van der Waals surface area (Å²) in [7, 11) is 0. The SMILES string of the molecule is Cc1ccc(C(=O)Oc2ccccc2C(=O)OCCOc2ccccc2)cc1Br. The quantitative estimate of drug-likeness (QED) is 0.278. The van der Waals surface area contributed by atoms with Crippen molar-refractivity contribution >= 4 is 27.9 Å². The molecule has 0 unspecified atom stereocenters. The predicted octanol–water partition coefficient (Wildman–Crippen LogP) is 5.21. The summed E-state index contributed by atoms with van der Waals surface area (Å²) in [5, 5.41) is 0. The molecule has 0 heterocycles. The fraction of sp³-hybridized carbons (Fsp3) is 0.130. The Morgan fingerprint density at radius 2 is 1.59 bits per heavy atom. The van der Waals surface area contributed by atoms with E-state index in [1.807, 2.05) is 43.3 Å². The molecule has 0 aliphatic rings. The van der Waals surface area contributed by atoms with Gasteiger partial charge in [0.1, 0.15) is 30.3 Å². The molecule has 3 aromatic rings. The molecule has 0 radical (unpaired) electrons. The number of halogens is 1. The van der Waals surface area contributed by atoms with Crippen LogP contribution in [0.1, 0.15) is 26.3 Å². The number of para-hydroxylation sites is 2. The summed E-state index contributed by atoms with van der Waals surface area (Å²) in [4.78, 5) is 24.9. The third kappa shape index (κ3) is 5.68. The lowest BCUT2D eigenvalue weighted by Gasteiger charge is -2.11. The zero-order chi connectivity index (χ0) is 20.6. The molecule has 0 amide bonds. The van der Waals surface area contributed by atoms with Crippen LogP contribution in [0.3, 0.4) is 0 Å². The van der Waals surface area contributed by atoms with E-state index in [4.69, 9.17) is 14.2 Å². The molecule has 0 N–H and O–H groups in total. The average molecular weight is 455 g/mol. The van der Waals surface area contributed by atoms with Gasteiger partial charge in [0.25, 0.3) is 0 Å². The molecule has 5 nitrogen and oxygen atoms in total. The van der Waals surface area contributed by atoms with Gasteiger partial charge in [-0.15, -0.1) is 0 Å². The molecule has 0 saturated carbocycles. The first kappa shape index (κ1) is 20.6. The van der Waals surface area contributed by atoms with Crippen LogP contribution in [0.25, 0.3) is 0 Å². The fourth-order valence-corrected chi connectivity index (χ4v) is 2.87. The predicted molar refractivity (Wildman–Crippen MR) is 112 cm³/mol. The first-order valence-corrected chi connectivity index (χ1v) is 9.76. The first-order chi connectivity index (χ1) is 14.0. The van der Waals surface area contributed by atoms with E-state index in [1.54, 1.807) is 36.4 Å². The minimum atomic E-state index is -0.588. The van der Waals surface area contributed by atoms with Gasteiger partial charge in [-0.25, -0.2) is 9.59 Å². The summed E-state index contributed by atoms with van der Waals surface area (Å²) in [6.45, 7) is 2.21. The van der Waals surface area contributed by atoms with Gasteiger partial charge in [-0.3, -0.25) is 0 Å². The fourth-order valence-electron chi connectivity index (χ4n) is 2.49. The third-order valence-electron chi connectivity index (χ3n) is 4.05. The second kappa shape index (κ2) is 9.89. The van der Waals surface area contributed by atoms with E-state index in [-0.39, 0.29) is 24.5 Å². The lowest BCUT2D eigenvalue weighted by atomic mass is 10.1. The van der Waals surface area contributed by atoms with Crippen LogP contribution in [0, 0.1) is 6.92 Å². The molecule has 148 valence electrons. The average Bonchev–Trinajstić information content (AvgIpc) is 2.74. The van der Waals surface area contributed by atoms with Crippen LogP contribution in [0.2, 0.25) is 0 Å². The highest BCUT2D eigenvalue weighted by Crippen LogP contribution is 2.22. The van der Waals surface area contributed by atoms with E-state index in [2.05, 4.69) is 15.9 Å². The monoisotopic (exact) mass is 454 g/mol. The van der Waals surface area contributed by atoms with Crippen LogP contribution in [-0.2, 0) is 4.74 Å². The molecule has 0 aliphatic heterocycles. The van der Waals surface area contributed by atoms with Gasteiger partial charge in [-0.05, 0) is 48.9 Å². The molecule has 0 aromatic heterocycles. The van der Waals surface area contributed by atoms with Crippen molar-refractivity contribution in [3.63, 3.8) is 0 Å². The zero-order valence-corrected chi connectivity index (χ0v) is 17.3. The van der Waals surface area contributed by atoms with Crippen molar-refractivity contribution in [2.24, 2.45) is 0 Å². The lowest BCUT2D eigenvalue weighted by molar-refractivity contribution is 0.0445. The Balaban J connectivity index is 1.61. The summed E-state index contributed by atoms with van der Waals surface area (Å²) in [5.41, 5.74) is 1.55.